The Morgan fingerprint density at radius 3 is 2.62 bits per heavy atom. The minimum atomic E-state index is -0.717. The molecular weight excluding hydrogens is 209 g/mol. The molecule has 0 aliphatic rings. The molecule has 84 valence electrons. The van der Waals surface area contributed by atoms with Crippen LogP contribution in [0.1, 0.15) is 18.3 Å². The highest BCUT2D eigenvalue weighted by atomic mass is 19.1. The lowest BCUT2D eigenvalue weighted by atomic mass is 9.93. The number of hydrogen-bond donors (Lipinski definition) is 1. The van der Waals surface area contributed by atoms with E-state index in [4.69, 9.17) is 5.73 Å². The van der Waals surface area contributed by atoms with Crippen LogP contribution in [0.3, 0.4) is 0 Å². The van der Waals surface area contributed by atoms with E-state index in [-0.39, 0.29) is 5.82 Å². The van der Waals surface area contributed by atoms with E-state index in [9.17, 15) is 4.39 Å². The van der Waals surface area contributed by atoms with E-state index < -0.39 is 5.54 Å². The predicted molar refractivity (Wildman–Crippen MR) is 55.9 cm³/mol. The number of nitrogens with two attached hydrogens (primary N) is 1. The van der Waals surface area contributed by atoms with Crippen LogP contribution in [0.25, 0.3) is 0 Å². The van der Waals surface area contributed by atoms with Crippen LogP contribution in [-0.2, 0) is 12.0 Å². The highest BCUT2D eigenvalue weighted by Crippen LogP contribution is 2.19. The van der Waals surface area contributed by atoms with Gasteiger partial charge in [0.05, 0.1) is 5.54 Å². The molecule has 1 heterocycles. The maximum atomic E-state index is 12.7. The molecule has 2 aromatic rings. The molecule has 2 rings (SSSR count). The van der Waals surface area contributed by atoms with Gasteiger partial charge in [-0.15, -0.1) is 0 Å². The minimum Gasteiger partial charge on any atom is -0.343 e. The van der Waals surface area contributed by atoms with Crippen molar-refractivity contribution in [2.24, 2.45) is 5.73 Å². The van der Waals surface area contributed by atoms with Crippen molar-refractivity contribution in [1.29, 1.82) is 0 Å². The zero-order valence-electron chi connectivity index (χ0n) is 8.85. The number of nitrogens with zero attached hydrogens (tertiary/aromatic N) is 2. The van der Waals surface area contributed by atoms with E-state index in [0.29, 0.717) is 12.2 Å². The SMILES string of the molecule is CC(N)(Cc1ccc(F)cc1)c1ncon1. The van der Waals surface area contributed by atoms with Crippen LogP contribution in [0, 0.1) is 5.82 Å². The second-order valence-corrected chi connectivity index (χ2v) is 3.98. The summed E-state index contributed by atoms with van der Waals surface area (Å²) >= 11 is 0. The van der Waals surface area contributed by atoms with Gasteiger partial charge in [-0.3, -0.25) is 0 Å². The number of hydrogen-bond acceptors (Lipinski definition) is 4. The first-order valence-electron chi connectivity index (χ1n) is 4.88. The van der Waals surface area contributed by atoms with Crippen LogP contribution in [0.2, 0.25) is 0 Å². The first-order valence-corrected chi connectivity index (χ1v) is 4.88. The summed E-state index contributed by atoms with van der Waals surface area (Å²) < 4.78 is 17.4. The largest absolute Gasteiger partial charge is 0.343 e. The van der Waals surface area contributed by atoms with E-state index in [1.54, 1.807) is 19.1 Å². The summed E-state index contributed by atoms with van der Waals surface area (Å²) in [7, 11) is 0. The van der Waals surface area contributed by atoms with Gasteiger partial charge in [0.1, 0.15) is 5.82 Å². The van der Waals surface area contributed by atoms with Crippen molar-refractivity contribution in [1.82, 2.24) is 10.1 Å². The molecule has 0 saturated carbocycles. The van der Waals surface area contributed by atoms with Crippen LogP contribution in [0.5, 0.6) is 0 Å². The molecule has 1 unspecified atom stereocenters. The fourth-order valence-corrected chi connectivity index (χ4v) is 1.53. The summed E-state index contributed by atoms with van der Waals surface area (Å²) in [6.45, 7) is 1.81. The van der Waals surface area contributed by atoms with Crippen LogP contribution < -0.4 is 5.73 Å². The topological polar surface area (TPSA) is 64.9 Å². The quantitative estimate of drug-likeness (QED) is 0.855. The molecule has 0 fully saturated rings. The van der Waals surface area contributed by atoms with Gasteiger partial charge in [0.25, 0.3) is 0 Å². The monoisotopic (exact) mass is 221 g/mol. The highest BCUT2D eigenvalue weighted by molar-refractivity contribution is 5.20. The predicted octanol–water partition coefficient (Wildman–Crippen LogP) is 1.63. The third-order valence-corrected chi connectivity index (χ3v) is 2.36. The third kappa shape index (κ3) is 2.25. The molecule has 1 aromatic carbocycles. The van der Waals surface area contributed by atoms with Crippen LogP contribution in [-0.4, -0.2) is 10.1 Å². The Labute approximate surface area is 92.3 Å². The average molecular weight is 221 g/mol. The Bertz CT molecular complexity index is 451. The van der Waals surface area contributed by atoms with Crippen molar-refractivity contribution in [2.45, 2.75) is 18.9 Å². The number of rotatable bonds is 3. The van der Waals surface area contributed by atoms with Crippen molar-refractivity contribution in [3.8, 4) is 0 Å². The van der Waals surface area contributed by atoms with Gasteiger partial charge >= 0.3 is 0 Å². The summed E-state index contributed by atoms with van der Waals surface area (Å²) in [5.74, 6) is 0.180. The van der Waals surface area contributed by atoms with Crippen molar-refractivity contribution in [3.63, 3.8) is 0 Å². The van der Waals surface area contributed by atoms with E-state index in [2.05, 4.69) is 14.7 Å². The summed E-state index contributed by atoms with van der Waals surface area (Å²) in [6.07, 6.45) is 1.76. The van der Waals surface area contributed by atoms with Crippen molar-refractivity contribution in [3.05, 3.63) is 47.9 Å². The van der Waals surface area contributed by atoms with E-state index >= 15 is 0 Å². The minimum absolute atomic E-state index is 0.262. The Morgan fingerprint density at radius 1 is 1.38 bits per heavy atom. The number of benzene rings is 1. The fourth-order valence-electron chi connectivity index (χ4n) is 1.53. The van der Waals surface area contributed by atoms with E-state index in [1.165, 1.54) is 18.5 Å². The van der Waals surface area contributed by atoms with Gasteiger partial charge in [0.2, 0.25) is 6.39 Å². The first-order chi connectivity index (χ1) is 7.58. The van der Waals surface area contributed by atoms with Gasteiger partial charge in [-0.25, -0.2) is 4.39 Å². The molecule has 0 aliphatic heterocycles. The van der Waals surface area contributed by atoms with Gasteiger partial charge in [-0.2, -0.15) is 4.98 Å². The molecule has 0 spiro atoms. The van der Waals surface area contributed by atoms with Gasteiger partial charge < -0.3 is 10.3 Å². The third-order valence-electron chi connectivity index (χ3n) is 2.36. The summed E-state index contributed by atoms with van der Waals surface area (Å²) in [6, 6.07) is 6.20. The molecule has 0 radical (unpaired) electrons. The fraction of sp³-hybridized carbons (Fsp3) is 0.273. The zero-order chi connectivity index (χ0) is 11.6. The first kappa shape index (κ1) is 10.8. The smallest absolute Gasteiger partial charge is 0.213 e. The average Bonchev–Trinajstić information content (AvgIpc) is 2.75. The molecule has 0 aliphatic carbocycles. The molecule has 5 heteroatoms. The van der Waals surface area contributed by atoms with E-state index in [1.807, 2.05) is 0 Å². The van der Waals surface area contributed by atoms with Crippen LogP contribution >= 0.6 is 0 Å². The van der Waals surface area contributed by atoms with Crippen molar-refractivity contribution >= 4 is 0 Å². The zero-order valence-corrected chi connectivity index (χ0v) is 8.85. The highest BCUT2D eigenvalue weighted by Gasteiger charge is 2.26. The van der Waals surface area contributed by atoms with E-state index in [0.717, 1.165) is 5.56 Å². The van der Waals surface area contributed by atoms with Crippen LogP contribution in [0.4, 0.5) is 4.39 Å². The molecule has 1 atom stereocenters. The Kier molecular flexibility index (Phi) is 2.70. The maximum Gasteiger partial charge on any atom is 0.213 e. The molecule has 0 saturated heterocycles. The Morgan fingerprint density at radius 2 is 2.06 bits per heavy atom. The lowest BCUT2D eigenvalue weighted by Crippen LogP contribution is -2.36. The summed E-state index contributed by atoms with van der Waals surface area (Å²) in [4.78, 5) is 3.92. The maximum absolute atomic E-state index is 12.7. The summed E-state index contributed by atoms with van der Waals surface area (Å²) in [5, 5.41) is 3.72. The van der Waals surface area contributed by atoms with Gasteiger partial charge in [0, 0.05) is 0 Å². The molecule has 0 bridgehead atoms. The number of aromatic nitrogens is 2. The lowest BCUT2D eigenvalue weighted by molar-refractivity contribution is 0.376. The molecule has 0 amide bonds. The normalized spacial score (nSPS) is 14.7. The molecule has 2 N–H and O–H groups in total. The van der Waals surface area contributed by atoms with Gasteiger partial charge in [0.15, 0.2) is 5.82 Å². The summed E-state index contributed by atoms with van der Waals surface area (Å²) in [5.41, 5.74) is 6.28. The van der Waals surface area contributed by atoms with Crippen LogP contribution in [0.15, 0.2) is 35.2 Å². The van der Waals surface area contributed by atoms with Crippen molar-refractivity contribution < 1.29 is 8.91 Å². The molecule has 1 aromatic heterocycles. The van der Waals surface area contributed by atoms with Crippen molar-refractivity contribution in [2.75, 3.05) is 0 Å². The number of halogens is 1. The molecule has 16 heavy (non-hydrogen) atoms. The molecular formula is C11H12FN3O. The van der Waals surface area contributed by atoms with Gasteiger partial charge in [-0.05, 0) is 31.0 Å². The Hall–Kier alpha value is -1.75. The standard InChI is InChI=1S/C11H12FN3O/c1-11(13,10-14-7-16-15-10)6-8-2-4-9(12)5-3-8/h2-5,7H,6,13H2,1H3. The molecule has 4 nitrogen and oxygen atoms in total. The second-order valence-electron chi connectivity index (χ2n) is 3.98. The van der Waals surface area contributed by atoms with Gasteiger partial charge in [-0.1, -0.05) is 17.3 Å². The lowest BCUT2D eigenvalue weighted by Gasteiger charge is -2.20. The Balaban J connectivity index is 2.18. The second kappa shape index (κ2) is 4.02.